The Kier molecular flexibility index (Phi) is 3.96. The lowest BCUT2D eigenvalue weighted by atomic mass is 10.3. The van der Waals surface area contributed by atoms with Gasteiger partial charge in [0.1, 0.15) is 0 Å². The molecule has 1 aliphatic carbocycles. The number of ether oxygens (including phenoxy) is 1. The standard InChI is InChI=1S/C12H16N2O3S/c1-7(12(16)14-9-3-4-9)17-11(15)5-10-6-18-8(2)13-10/h6-7,9H,3-5H2,1-2H3,(H,14,16). The number of aryl methyl sites for hydroxylation is 1. The number of rotatable bonds is 5. The van der Waals surface area contributed by atoms with Crippen LogP contribution in [0.25, 0.3) is 0 Å². The summed E-state index contributed by atoms with van der Waals surface area (Å²) in [7, 11) is 0. The van der Waals surface area contributed by atoms with Crippen molar-refractivity contribution < 1.29 is 14.3 Å². The van der Waals surface area contributed by atoms with Crippen molar-refractivity contribution >= 4 is 23.2 Å². The van der Waals surface area contributed by atoms with Crippen molar-refractivity contribution in [1.82, 2.24) is 10.3 Å². The smallest absolute Gasteiger partial charge is 0.312 e. The van der Waals surface area contributed by atoms with Crippen LogP contribution < -0.4 is 5.32 Å². The van der Waals surface area contributed by atoms with Crippen molar-refractivity contribution in [2.75, 3.05) is 0 Å². The summed E-state index contributed by atoms with van der Waals surface area (Å²) in [4.78, 5) is 27.4. The molecule has 98 valence electrons. The minimum atomic E-state index is -0.738. The molecule has 0 aliphatic heterocycles. The zero-order valence-electron chi connectivity index (χ0n) is 10.4. The Balaban J connectivity index is 1.77. The molecule has 1 heterocycles. The molecule has 1 fully saturated rings. The fourth-order valence-corrected chi connectivity index (χ4v) is 2.09. The molecule has 0 bridgehead atoms. The summed E-state index contributed by atoms with van der Waals surface area (Å²) in [6.45, 7) is 3.47. The van der Waals surface area contributed by atoms with Crippen LogP contribution in [0.5, 0.6) is 0 Å². The second kappa shape index (κ2) is 5.48. The number of carbonyl (C=O) groups is 2. The molecule has 1 atom stereocenters. The third-order valence-corrected chi connectivity index (χ3v) is 3.42. The predicted octanol–water partition coefficient (Wildman–Crippen LogP) is 1.20. The van der Waals surface area contributed by atoms with Crippen LogP contribution in [0.15, 0.2) is 5.38 Å². The number of hydrogen-bond donors (Lipinski definition) is 1. The van der Waals surface area contributed by atoms with Crippen LogP contribution in [0.3, 0.4) is 0 Å². The van der Waals surface area contributed by atoms with Crippen molar-refractivity contribution in [3.63, 3.8) is 0 Å². The molecule has 1 amide bonds. The van der Waals surface area contributed by atoms with E-state index >= 15 is 0 Å². The molecule has 0 saturated heterocycles. The van der Waals surface area contributed by atoms with Gasteiger partial charge in [-0.2, -0.15) is 0 Å². The van der Waals surface area contributed by atoms with Gasteiger partial charge < -0.3 is 10.1 Å². The number of carbonyl (C=O) groups excluding carboxylic acids is 2. The van der Waals surface area contributed by atoms with Gasteiger partial charge in [0.25, 0.3) is 5.91 Å². The van der Waals surface area contributed by atoms with Crippen LogP contribution in [-0.2, 0) is 20.7 Å². The van der Waals surface area contributed by atoms with Crippen molar-refractivity contribution in [2.24, 2.45) is 0 Å². The Morgan fingerprint density at radius 1 is 1.61 bits per heavy atom. The Labute approximate surface area is 110 Å². The van der Waals surface area contributed by atoms with E-state index in [1.807, 2.05) is 12.3 Å². The van der Waals surface area contributed by atoms with Gasteiger partial charge in [-0.05, 0) is 26.7 Å². The lowest BCUT2D eigenvalue weighted by molar-refractivity contribution is -0.154. The second-order valence-corrected chi connectivity index (χ2v) is 5.51. The molecule has 0 spiro atoms. The molecule has 6 heteroatoms. The van der Waals surface area contributed by atoms with E-state index < -0.39 is 12.1 Å². The number of amides is 1. The summed E-state index contributed by atoms with van der Waals surface area (Å²) in [6, 6.07) is 0.278. The van der Waals surface area contributed by atoms with E-state index in [9.17, 15) is 9.59 Å². The average molecular weight is 268 g/mol. The van der Waals surface area contributed by atoms with Gasteiger partial charge >= 0.3 is 5.97 Å². The highest BCUT2D eigenvalue weighted by Gasteiger charge is 2.27. The fraction of sp³-hybridized carbons (Fsp3) is 0.583. The fourth-order valence-electron chi connectivity index (χ4n) is 1.48. The van der Waals surface area contributed by atoms with Crippen LogP contribution in [0.4, 0.5) is 0 Å². The highest BCUT2D eigenvalue weighted by Crippen LogP contribution is 2.18. The molecule has 18 heavy (non-hydrogen) atoms. The zero-order chi connectivity index (χ0) is 13.1. The van der Waals surface area contributed by atoms with Gasteiger partial charge in [-0.3, -0.25) is 9.59 Å². The van der Waals surface area contributed by atoms with E-state index in [0.29, 0.717) is 5.69 Å². The molecule has 0 radical (unpaired) electrons. The van der Waals surface area contributed by atoms with Gasteiger partial charge in [0.05, 0.1) is 17.1 Å². The molecule has 0 aromatic carbocycles. The van der Waals surface area contributed by atoms with Crippen LogP contribution >= 0.6 is 11.3 Å². The molecular weight excluding hydrogens is 252 g/mol. The molecule has 1 aromatic rings. The number of hydrogen-bond acceptors (Lipinski definition) is 5. The number of nitrogens with zero attached hydrogens (tertiary/aromatic N) is 1. The van der Waals surface area contributed by atoms with Crippen LogP contribution in [-0.4, -0.2) is 29.0 Å². The number of thiazole rings is 1. The summed E-state index contributed by atoms with van der Waals surface area (Å²) >= 11 is 1.49. The van der Waals surface area contributed by atoms with E-state index in [-0.39, 0.29) is 18.4 Å². The zero-order valence-corrected chi connectivity index (χ0v) is 11.3. The Morgan fingerprint density at radius 3 is 2.89 bits per heavy atom. The quantitative estimate of drug-likeness (QED) is 0.815. The van der Waals surface area contributed by atoms with Gasteiger partial charge in [0.2, 0.25) is 0 Å². The molecule has 1 unspecified atom stereocenters. The molecular formula is C12H16N2O3S. The first kappa shape index (κ1) is 13.0. The van der Waals surface area contributed by atoms with Gasteiger partial charge in [-0.25, -0.2) is 4.98 Å². The summed E-state index contributed by atoms with van der Waals surface area (Å²) < 4.78 is 5.07. The lowest BCUT2D eigenvalue weighted by Crippen LogP contribution is -2.37. The number of aromatic nitrogens is 1. The molecule has 1 aliphatic rings. The third kappa shape index (κ3) is 3.80. The lowest BCUT2D eigenvalue weighted by Gasteiger charge is -2.12. The van der Waals surface area contributed by atoms with E-state index in [1.165, 1.54) is 11.3 Å². The monoisotopic (exact) mass is 268 g/mol. The Hall–Kier alpha value is -1.43. The Morgan fingerprint density at radius 2 is 2.33 bits per heavy atom. The minimum Gasteiger partial charge on any atom is -0.452 e. The summed E-state index contributed by atoms with van der Waals surface area (Å²) in [5.74, 6) is -0.640. The molecule has 1 saturated carbocycles. The molecule has 1 N–H and O–H groups in total. The summed E-state index contributed by atoms with van der Waals surface area (Å²) in [5.41, 5.74) is 0.692. The van der Waals surface area contributed by atoms with Crippen molar-refractivity contribution in [2.45, 2.75) is 45.3 Å². The number of esters is 1. The Bertz CT molecular complexity index is 454. The van der Waals surface area contributed by atoms with Gasteiger partial charge in [-0.1, -0.05) is 0 Å². The third-order valence-electron chi connectivity index (χ3n) is 2.59. The first-order chi connectivity index (χ1) is 8.54. The highest BCUT2D eigenvalue weighted by atomic mass is 32.1. The molecule has 1 aromatic heterocycles. The van der Waals surface area contributed by atoms with Crippen molar-refractivity contribution in [1.29, 1.82) is 0 Å². The summed E-state index contributed by atoms with van der Waals surface area (Å²) in [6.07, 6.45) is 1.42. The second-order valence-electron chi connectivity index (χ2n) is 4.45. The minimum absolute atomic E-state index is 0.116. The normalized spacial score (nSPS) is 16.1. The van der Waals surface area contributed by atoms with Crippen molar-refractivity contribution in [3.05, 3.63) is 16.1 Å². The average Bonchev–Trinajstić information content (AvgIpc) is 3.01. The topological polar surface area (TPSA) is 68.3 Å². The van der Waals surface area contributed by atoms with E-state index in [1.54, 1.807) is 6.92 Å². The predicted molar refractivity (Wildman–Crippen MR) is 67.3 cm³/mol. The van der Waals surface area contributed by atoms with E-state index in [0.717, 1.165) is 17.8 Å². The highest BCUT2D eigenvalue weighted by molar-refractivity contribution is 7.09. The maximum atomic E-state index is 11.6. The van der Waals surface area contributed by atoms with E-state index in [2.05, 4.69) is 10.3 Å². The summed E-state index contributed by atoms with van der Waals surface area (Å²) in [5, 5.41) is 5.54. The van der Waals surface area contributed by atoms with Crippen LogP contribution in [0, 0.1) is 6.92 Å². The van der Waals surface area contributed by atoms with Gasteiger partial charge in [-0.15, -0.1) is 11.3 Å². The SMILES string of the molecule is Cc1nc(CC(=O)OC(C)C(=O)NC2CC2)cs1. The maximum Gasteiger partial charge on any atom is 0.312 e. The number of nitrogens with one attached hydrogen (secondary N) is 1. The molecule has 5 nitrogen and oxygen atoms in total. The van der Waals surface area contributed by atoms with Gasteiger partial charge in [0, 0.05) is 11.4 Å². The maximum absolute atomic E-state index is 11.6. The molecule has 2 rings (SSSR count). The van der Waals surface area contributed by atoms with Gasteiger partial charge in [0.15, 0.2) is 6.10 Å². The van der Waals surface area contributed by atoms with Crippen LogP contribution in [0.1, 0.15) is 30.5 Å². The van der Waals surface area contributed by atoms with E-state index in [4.69, 9.17) is 4.74 Å². The first-order valence-electron chi connectivity index (χ1n) is 5.95. The largest absolute Gasteiger partial charge is 0.452 e. The van der Waals surface area contributed by atoms with Crippen molar-refractivity contribution in [3.8, 4) is 0 Å². The van der Waals surface area contributed by atoms with Crippen LogP contribution in [0.2, 0.25) is 0 Å². The first-order valence-corrected chi connectivity index (χ1v) is 6.83.